The smallest absolute Gasteiger partial charge is 0.322 e. The molecule has 11 nitrogen and oxygen atoms in total. The van der Waals surface area contributed by atoms with Crippen LogP contribution in [0.3, 0.4) is 0 Å². The molecule has 1 N–H and O–H groups in total. The maximum Gasteiger partial charge on any atom is 0.322 e. The van der Waals surface area contributed by atoms with Crippen molar-refractivity contribution in [2.45, 2.75) is 32.7 Å². The number of carbonyl (C=O) groups excluding carboxylic acids is 2. The second-order valence-electron chi connectivity index (χ2n) is 10.5. The van der Waals surface area contributed by atoms with Crippen molar-refractivity contribution >= 4 is 34.6 Å². The number of nitro benzene ring substituents is 1. The Hall–Kier alpha value is -4.16. The molecule has 0 aliphatic carbocycles. The highest BCUT2D eigenvalue weighted by Crippen LogP contribution is 2.28. The second-order valence-corrected chi connectivity index (χ2v) is 11.5. The highest BCUT2D eigenvalue weighted by atomic mass is 32.1. The first-order chi connectivity index (χ1) is 20.8. The molecule has 0 bridgehead atoms. The summed E-state index contributed by atoms with van der Waals surface area (Å²) in [5, 5.41) is 15.9. The summed E-state index contributed by atoms with van der Waals surface area (Å²) >= 11 is 1.61. The average molecular weight is 610 g/mol. The molecule has 3 amide bonds. The number of urea groups is 1. The number of rotatable bonds is 14. The lowest BCUT2D eigenvalue weighted by Gasteiger charge is -2.29. The van der Waals surface area contributed by atoms with E-state index in [2.05, 4.69) is 10.2 Å². The van der Waals surface area contributed by atoms with Gasteiger partial charge in [0.2, 0.25) is 5.91 Å². The van der Waals surface area contributed by atoms with Gasteiger partial charge in [-0.15, -0.1) is 11.3 Å². The third kappa shape index (κ3) is 8.91. The van der Waals surface area contributed by atoms with Gasteiger partial charge in [-0.25, -0.2) is 4.79 Å². The van der Waals surface area contributed by atoms with Gasteiger partial charge in [0.05, 0.1) is 25.7 Å². The SMILES string of the molecule is COc1ccc(CCN(Cc2sccc2C)C(=O)CN(CCN2CCCC2)C(=O)Nc2ccc([N+](=O)[O-])cc2)cc1OC. The molecule has 230 valence electrons. The van der Waals surface area contributed by atoms with Crippen LogP contribution in [0.5, 0.6) is 11.5 Å². The van der Waals surface area contributed by atoms with E-state index in [1.54, 1.807) is 30.5 Å². The number of ether oxygens (including phenoxy) is 2. The van der Waals surface area contributed by atoms with Crippen molar-refractivity contribution in [1.29, 1.82) is 0 Å². The van der Waals surface area contributed by atoms with Crippen LogP contribution in [0.2, 0.25) is 0 Å². The van der Waals surface area contributed by atoms with Crippen LogP contribution in [0.15, 0.2) is 53.9 Å². The number of nitro groups is 1. The van der Waals surface area contributed by atoms with Crippen LogP contribution >= 0.6 is 11.3 Å². The number of nitrogens with zero attached hydrogens (tertiary/aromatic N) is 4. The zero-order valence-electron chi connectivity index (χ0n) is 24.9. The van der Waals surface area contributed by atoms with E-state index in [0.29, 0.717) is 49.8 Å². The van der Waals surface area contributed by atoms with Crippen LogP contribution < -0.4 is 14.8 Å². The summed E-state index contributed by atoms with van der Waals surface area (Å²) in [4.78, 5) is 44.6. The topological polar surface area (TPSA) is 117 Å². The predicted octanol–water partition coefficient (Wildman–Crippen LogP) is 5.18. The average Bonchev–Trinajstić information content (AvgIpc) is 3.68. The molecule has 1 aliphatic rings. The Morgan fingerprint density at radius 1 is 1.00 bits per heavy atom. The molecule has 2 heterocycles. The minimum absolute atomic E-state index is 0.0620. The molecule has 1 fully saturated rings. The summed E-state index contributed by atoms with van der Waals surface area (Å²) in [5.41, 5.74) is 2.48. The van der Waals surface area contributed by atoms with Crippen LogP contribution in [0.4, 0.5) is 16.2 Å². The fourth-order valence-electron chi connectivity index (χ4n) is 4.98. The number of hydrogen-bond acceptors (Lipinski definition) is 8. The summed E-state index contributed by atoms with van der Waals surface area (Å²) in [6.45, 7) is 5.82. The fraction of sp³-hybridized carbons (Fsp3) is 0.419. The summed E-state index contributed by atoms with van der Waals surface area (Å²) < 4.78 is 10.8. The molecule has 43 heavy (non-hydrogen) atoms. The lowest BCUT2D eigenvalue weighted by atomic mass is 10.1. The number of methoxy groups -OCH3 is 2. The van der Waals surface area contributed by atoms with Gasteiger partial charge in [-0.1, -0.05) is 6.07 Å². The van der Waals surface area contributed by atoms with Crippen molar-refractivity contribution < 1.29 is 24.0 Å². The molecule has 3 aromatic rings. The number of non-ortho nitro benzene ring substituents is 1. The van der Waals surface area contributed by atoms with Gasteiger partial charge in [0.25, 0.3) is 5.69 Å². The number of aryl methyl sites for hydroxylation is 1. The first-order valence-corrected chi connectivity index (χ1v) is 15.2. The van der Waals surface area contributed by atoms with E-state index in [4.69, 9.17) is 9.47 Å². The zero-order chi connectivity index (χ0) is 30.8. The fourth-order valence-corrected chi connectivity index (χ4v) is 5.91. The van der Waals surface area contributed by atoms with Crippen LogP contribution in [0.1, 0.15) is 28.8 Å². The number of carbonyl (C=O) groups is 2. The van der Waals surface area contributed by atoms with Gasteiger partial charge in [-0.05, 0) is 86.1 Å². The van der Waals surface area contributed by atoms with Crippen LogP contribution in [-0.4, -0.2) is 85.0 Å². The Kier molecular flexibility index (Phi) is 11.3. The molecule has 0 unspecified atom stereocenters. The van der Waals surface area contributed by atoms with Crippen LogP contribution in [-0.2, 0) is 17.8 Å². The van der Waals surface area contributed by atoms with E-state index in [1.807, 2.05) is 36.6 Å². The van der Waals surface area contributed by atoms with E-state index < -0.39 is 11.0 Å². The maximum atomic E-state index is 13.9. The number of likely N-dealkylation sites (tertiary alicyclic amines) is 1. The van der Waals surface area contributed by atoms with Crippen molar-refractivity contribution in [3.05, 3.63) is 80.0 Å². The standard InChI is InChI=1S/C31H39N5O6S/c1-23-13-19-43-29(23)21-34(16-12-24-6-11-27(41-2)28(20-24)42-3)30(37)22-35(18-17-33-14-4-5-15-33)31(38)32-25-7-9-26(10-8-25)36(39)40/h6-11,13,19-20H,4-5,12,14-18,21-22H2,1-3H3,(H,32,38). The first kappa shape index (κ1) is 31.8. The van der Waals surface area contributed by atoms with Crippen LogP contribution in [0.25, 0.3) is 0 Å². The van der Waals surface area contributed by atoms with Crippen LogP contribution in [0, 0.1) is 17.0 Å². The Labute approximate surface area is 256 Å². The number of benzene rings is 2. The molecule has 1 aliphatic heterocycles. The Balaban J connectivity index is 1.50. The van der Waals surface area contributed by atoms with Crippen molar-refractivity contribution in [3.63, 3.8) is 0 Å². The van der Waals surface area contributed by atoms with Gasteiger partial charge in [-0.3, -0.25) is 14.9 Å². The molecule has 12 heteroatoms. The minimum atomic E-state index is -0.488. The molecular formula is C31H39N5O6S. The summed E-state index contributed by atoms with van der Waals surface area (Å²) in [7, 11) is 3.18. The Morgan fingerprint density at radius 2 is 1.72 bits per heavy atom. The maximum absolute atomic E-state index is 13.9. The molecule has 2 aromatic carbocycles. The van der Waals surface area contributed by atoms with Crippen molar-refractivity contribution in [1.82, 2.24) is 14.7 Å². The molecule has 0 saturated carbocycles. The largest absolute Gasteiger partial charge is 0.493 e. The van der Waals surface area contributed by atoms with E-state index >= 15 is 0 Å². The number of anilines is 1. The van der Waals surface area contributed by atoms with Crippen molar-refractivity contribution in [3.8, 4) is 11.5 Å². The number of hydrogen-bond donors (Lipinski definition) is 1. The molecule has 1 saturated heterocycles. The van der Waals surface area contributed by atoms with Gasteiger partial charge in [0, 0.05) is 42.3 Å². The van der Waals surface area contributed by atoms with Gasteiger partial charge >= 0.3 is 6.03 Å². The first-order valence-electron chi connectivity index (χ1n) is 14.3. The quantitative estimate of drug-likeness (QED) is 0.198. The number of nitrogens with one attached hydrogen (secondary N) is 1. The van der Waals surface area contributed by atoms with Gasteiger partial charge in [-0.2, -0.15) is 0 Å². The Morgan fingerprint density at radius 3 is 2.35 bits per heavy atom. The summed E-state index contributed by atoms with van der Waals surface area (Å²) in [5.74, 6) is 1.11. The van der Waals surface area contributed by atoms with Gasteiger partial charge in [0.15, 0.2) is 11.5 Å². The second kappa shape index (κ2) is 15.4. The van der Waals surface area contributed by atoms with Crippen molar-refractivity contribution in [2.75, 3.05) is 58.8 Å². The molecule has 1 aromatic heterocycles. The molecular weight excluding hydrogens is 570 g/mol. The van der Waals surface area contributed by atoms with Crippen molar-refractivity contribution in [2.24, 2.45) is 0 Å². The molecule has 0 atom stereocenters. The third-order valence-corrected chi connectivity index (χ3v) is 8.61. The van der Waals surface area contributed by atoms with E-state index in [1.165, 1.54) is 29.2 Å². The van der Waals surface area contributed by atoms with E-state index in [9.17, 15) is 19.7 Å². The van der Waals surface area contributed by atoms with E-state index in [-0.39, 0.29) is 18.1 Å². The summed E-state index contributed by atoms with van der Waals surface area (Å²) in [6.07, 6.45) is 2.84. The third-order valence-electron chi connectivity index (χ3n) is 7.60. The Bertz CT molecular complexity index is 1390. The minimum Gasteiger partial charge on any atom is -0.493 e. The lowest BCUT2D eigenvalue weighted by Crippen LogP contribution is -2.47. The van der Waals surface area contributed by atoms with E-state index in [0.717, 1.165) is 41.9 Å². The monoisotopic (exact) mass is 609 g/mol. The molecule has 0 radical (unpaired) electrons. The number of amides is 3. The zero-order valence-corrected chi connectivity index (χ0v) is 25.7. The molecule has 4 rings (SSSR count). The van der Waals surface area contributed by atoms with Gasteiger partial charge < -0.3 is 29.5 Å². The highest BCUT2D eigenvalue weighted by Gasteiger charge is 2.24. The predicted molar refractivity (Wildman–Crippen MR) is 167 cm³/mol. The van der Waals surface area contributed by atoms with Gasteiger partial charge in [0.1, 0.15) is 6.54 Å². The highest BCUT2D eigenvalue weighted by molar-refractivity contribution is 7.10. The summed E-state index contributed by atoms with van der Waals surface area (Å²) in [6, 6.07) is 13.0. The molecule has 0 spiro atoms. The normalized spacial score (nSPS) is 13.0. The number of thiophene rings is 1. The lowest BCUT2D eigenvalue weighted by molar-refractivity contribution is -0.384.